The van der Waals surface area contributed by atoms with Gasteiger partial charge in [0.25, 0.3) is 0 Å². The molecule has 0 bridgehead atoms. The zero-order chi connectivity index (χ0) is 14.9. The summed E-state index contributed by atoms with van der Waals surface area (Å²) in [6.07, 6.45) is 1.26. The standard InChI is InChI=1S/C13H23N3O4/c1-14(2)7-9-4-3-5-15(9)13(20)16-8-10(17)6-11(16)12(18)19/h9-11,17H,3-8H2,1-2H3,(H,18,19)/t9?,10?,11-/m0/s1. The van der Waals surface area contributed by atoms with Gasteiger partial charge in [-0.3, -0.25) is 0 Å². The molecule has 2 rings (SSSR count). The van der Waals surface area contributed by atoms with E-state index in [1.807, 2.05) is 19.0 Å². The van der Waals surface area contributed by atoms with E-state index in [0.717, 1.165) is 19.4 Å². The molecule has 0 spiro atoms. The third kappa shape index (κ3) is 3.04. The number of carbonyl (C=O) groups excluding carboxylic acids is 1. The Morgan fingerprint density at radius 3 is 2.60 bits per heavy atom. The van der Waals surface area contributed by atoms with Gasteiger partial charge >= 0.3 is 12.0 Å². The zero-order valence-electron chi connectivity index (χ0n) is 12.0. The summed E-state index contributed by atoms with van der Waals surface area (Å²) in [5.74, 6) is -1.04. The van der Waals surface area contributed by atoms with E-state index in [2.05, 4.69) is 0 Å². The maximum atomic E-state index is 12.6. The molecule has 2 aliphatic rings. The number of aliphatic hydroxyl groups is 1. The summed E-state index contributed by atoms with van der Waals surface area (Å²) in [4.78, 5) is 28.9. The fraction of sp³-hybridized carbons (Fsp3) is 0.846. The van der Waals surface area contributed by atoms with Crippen LogP contribution < -0.4 is 0 Å². The van der Waals surface area contributed by atoms with Crippen LogP contribution in [-0.4, -0.2) is 88.8 Å². The van der Waals surface area contributed by atoms with E-state index in [1.165, 1.54) is 4.90 Å². The molecular formula is C13H23N3O4. The minimum absolute atomic E-state index is 0.112. The van der Waals surface area contributed by atoms with E-state index in [1.54, 1.807) is 4.90 Å². The molecule has 0 radical (unpaired) electrons. The van der Waals surface area contributed by atoms with E-state index < -0.39 is 18.1 Å². The van der Waals surface area contributed by atoms with Crippen LogP contribution >= 0.6 is 0 Å². The van der Waals surface area contributed by atoms with E-state index in [4.69, 9.17) is 0 Å². The molecule has 7 heteroatoms. The highest BCUT2D eigenvalue weighted by Gasteiger charge is 2.42. The highest BCUT2D eigenvalue weighted by atomic mass is 16.4. The number of amides is 2. The van der Waals surface area contributed by atoms with Gasteiger partial charge in [0.05, 0.1) is 6.10 Å². The number of likely N-dealkylation sites (tertiary alicyclic amines) is 2. The summed E-state index contributed by atoms with van der Waals surface area (Å²) < 4.78 is 0. The van der Waals surface area contributed by atoms with Crippen LogP contribution in [0.1, 0.15) is 19.3 Å². The third-order valence-electron chi connectivity index (χ3n) is 4.01. The summed E-state index contributed by atoms with van der Waals surface area (Å²) in [7, 11) is 3.92. The molecule has 2 aliphatic heterocycles. The van der Waals surface area contributed by atoms with Gasteiger partial charge in [0, 0.05) is 32.1 Å². The second kappa shape index (κ2) is 5.97. The maximum Gasteiger partial charge on any atom is 0.326 e. The number of nitrogens with zero attached hydrogens (tertiary/aromatic N) is 3. The lowest BCUT2D eigenvalue weighted by atomic mass is 10.2. The monoisotopic (exact) mass is 285 g/mol. The number of carbonyl (C=O) groups is 2. The van der Waals surface area contributed by atoms with Crippen molar-refractivity contribution in [1.29, 1.82) is 0 Å². The predicted octanol–water partition coefficient (Wildman–Crippen LogP) is -0.348. The summed E-state index contributed by atoms with van der Waals surface area (Å²) >= 11 is 0. The van der Waals surface area contributed by atoms with Crippen molar-refractivity contribution in [2.45, 2.75) is 37.5 Å². The minimum Gasteiger partial charge on any atom is -0.480 e. The highest BCUT2D eigenvalue weighted by molar-refractivity contribution is 5.83. The second-order valence-corrected chi connectivity index (χ2v) is 5.93. The van der Waals surface area contributed by atoms with Crippen molar-refractivity contribution in [3.63, 3.8) is 0 Å². The summed E-state index contributed by atoms with van der Waals surface area (Å²) in [5, 5.41) is 18.8. The Morgan fingerprint density at radius 2 is 2.00 bits per heavy atom. The van der Waals surface area contributed by atoms with Gasteiger partial charge in [0.2, 0.25) is 0 Å². The van der Waals surface area contributed by atoms with Crippen LogP contribution in [-0.2, 0) is 4.79 Å². The van der Waals surface area contributed by atoms with Crippen molar-refractivity contribution < 1.29 is 19.8 Å². The van der Waals surface area contributed by atoms with Crippen LogP contribution in [0.4, 0.5) is 4.79 Å². The first-order chi connectivity index (χ1) is 9.40. The Bertz CT molecular complexity index is 388. The van der Waals surface area contributed by atoms with E-state index in [9.17, 15) is 19.8 Å². The molecule has 2 heterocycles. The Kier molecular flexibility index (Phi) is 4.49. The van der Waals surface area contributed by atoms with Crippen molar-refractivity contribution in [3.8, 4) is 0 Å². The molecule has 114 valence electrons. The van der Waals surface area contributed by atoms with Gasteiger partial charge in [-0.1, -0.05) is 0 Å². The second-order valence-electron chi connectivity index (χ2n) is 5.93. The summed E-state index contributed by atoms with van der Waals surface area (Å²) in [6.45, 7) is 1.55. The normalized spacial score (nSPS) is 30.3. The van der Waals surface area contributed by atoms with Crippen molar-refractivity contribution in [2.24, 2.45) is 0 Å². The summed E-state index contributed by atoms with van der Waals surface area (Å²) in [6, 6.07) is -1.03. The number of hydrogen-bond donors (Lipinski definition) is 2. The van der Waals surface area contributed by atoms with E-state index in [-0.39, 0.29) is 25.0 Å². The molecule has 0 aliphatic carbocycles. The quantitative estimate of drug-likeness (QED) is 0.740. The van der Waals surface area contributed by atoms with Gasteiger partial charge in [-0.15, -0.1) is 0 Å². The number of β-amino-alcohol motifs (C(OH)–C–C–N with tert-alkyl or cyclic N) is 1. The van der Waals surface area contributed by atoms with Crippen LogP contribution in [0.2, 0.25) is 0 Å². The van der Waals surface area contributed by atoms with Crippen LogP contribution in [0.25, 0.3) is 0 Å². The summed E-state index contributed by atoms with van der Waals surface area (Å²) in [5.41, 5.74) is 0. The number of rotatable bonds is 3. The third-order valence-corrected chi connectivity index (χ3v) is 4.01. The highest BCUT2D eigenvalue weighted by Crippen LogP contribution is 2.25. The Hall–Kier alpha value is -1.34. The molecule has 0 aromatic carbocycles. The number of hydrogen-bond acceptors (Lipinski definition) is 4. The van der Waals surface area contributed by atoms with Crippen molar-refractivity contribution in [2.75, 3.05) is 33.7 Å². The molecular weight excluding hydrogens is 262 g/mol. The average molecular weight is 285 g/mol. The van der Waals surface area contributed by atoms with Gasteiger partial charge in [-0.05, 0) is 26.9 Å². The molecule has 0 aromatic rings. The topological polar surface area (TPSA) is 84.3 Å². The molecule has 2 saturated heterocycles. The van der Waals surface area contributed by atoms with Crippen LogP contribution in [0.5, 0.6) is 0 Å². The van der Waals surface area contributed by atoms with E-state index >= 15 is 0 Å². The van der Waals surface area contributed by atoms with Crippen LogP contribution in [0.3, 0.4) is 0 Å². The Morgan fingerprint density at radius 1 is 1.30 bits per heavy atom. The van der Waals surface area contributed by atoms with Gasteiger partial charge in [-0.2, -0.15) is 0 Å². The number of urea groups is 1. The van der Waals surface area contributed by atoms with Crippen molar-refractivity contribution in [3.05, 3.63) is 0 Å². The molecule has 3 atom stereocenters. The molecule has 20 heavy (non-hydrogen) atoms. The lowest BCUT2D eigenvalue weighted by Gasteiger charge is -2.32. The average Bonchev–Trinajstić information content (AvgIpc) is 2.94. The number of likely N-dealkylation sites (N-methyl/N-ethyl adjacent to an activating group) is 1. The predicted molar refractivity (Wildman–Crippen MR) is 72.4 cm³/mol. The van der Waals surface area contributed by atoms with Gasteiger partial charge in [0.1, 0.15) is 6.04 Å². The molecule has 2 N–H and O–H groups in total. The Balaban J connectivity index is 2.07. The Labute approximate surface area is 118 Å². The smallest absolute Gasteiger partial charge is 0.326 e. The molecule has 2 fully saturated rings. The number of carboxylic acids is 1. The molecule has 0 saturated carbocycles. The zero-order valence-corrected chi connectivity index (χ0v) is 12.0. The fourth-order valence-corrected chi connectivity index (χ4v) is 3.12. The minimum atomic E-state index is -1.04. The number of carboxylic acid groups (broad SMARTS) is 1. The number of aliphatic hydroxyl groups excluding tert-OH is 1. The lowest BCUT2D eigenvalue weighted by molar-refractivity contribution is -0.141. The van der Waals surface area contributed by atoms with Crippen molar-refractivity contribution in [1.82, 2.24) is 14.7 Å². The van der Waals surface area contributed by atoms with Gasteiger partial charge < -0.3 is 24.9 Å². The fourth-order valence-electron chi connectivity index (χ4n) is 3.12. The van der Waals surface area contributed by atoms with Crippen LogP contribution in [0.15, 0.2) is 0 Å². The van der Waals surface area contributed by atoms with E-state index in [0.29, 0.717) is 6.54 Å². The molecule has 0 aromatic heterocycles. The SMILES string of the molecule is CN(C)CC1CCCN1C(=O)N1CC(O)C[C@H]1C(=O)O. The van der Waals surface area contributed by atoms with Crippen LogP contribution in [0, 0.1) is 0 Å². The molecule has 2 unspecified atom stereocenters. The first-order valence-corrected chi connectivity index (χ1v) is 7.03. The maximum absolute atomic E-state index is 12.6. The van der Waals surface area contributed by atoms with Gasteiger partial charge in [0.15, 0.2) is 0 Å². The largest absolute Gasteiger partial charge is 0.480 e. The van der Waals surface area contributed by atoms with Gasteiger partial charge in [-0.25, -0.2) is 9.59 Å². The molecule has 7 nitrogen and oxygen atoms in total. The first-order valence-electron chi connectivity index (χ1n) is 7.03. The first kappa shape index (κ1) is 15.1. The lowest BCUT2D eigenvalue weighted by Crippen LogP contribution is -2.51. The molecule has 2 amide bonds. The number of aliphatic carboxylic acids is 1. The van der Waals surface area contributed by atoms with Crippen molar-refractivity contribution >= 4 is 12.0 Å².